The number of carbonyl (C=O) groups excluding carboxylic acids is 2. The molecule has 6 saturated heterocycles. The number of halogens is 10. The van der Waals surface area contributed by atoms with Crippen LogP contribution in [0, 0.1) is 0 Å². The first kappa shape index (κ1) is 94.0. The van der Waals surface area contributed by atoms with Crippen molar-refractivity contribution in [3.8, 4) is 22.8 Å². The van der Waals surface area contributed by atoms with Crippen molar-refractivity contribution in [3.63, 3.8) is 0 Å². The molecule has 3 atom stereocenters. The maximum absolute atomic E-state index is 12.8. The van der Waals surface area contributed by atoms with Gasteiger partial charge in [0.15, 0.2) is 0 Å². The topological polar surface area (TPSA) is 363 Å². The van der Waals surface area contributed by atoms with Crippen LogP contribution in [0.5, 0.6) is 0 Å². The molecule has 0 unspecified atom stereocenters. The van der Waals surface area contributed by atoms with Crippen molar-refractivity contribution < 1.29 is 82.1 Å². The van der Waals surface area contributed by atoms with E-state index >= 15 is 0 Å². The van der Waals surface area contributed by atoms with Crippen molar-refractivity contribution in [1.29, 1.82) is 0 Å². The fraction of sp³-hybridized carbons (Fsp3) is 0.634. The highest BCUT2D eigenvalue weighted by Crippen LogP contribution is 2.44. The molecule has 7 N–H and O–H groups in total. The number of hydrogen-bond acceptors (Lipinski definition) is 27. The number of amides is 2. The van der Waals surface area contributed by atoms with E-state index < -0.39 is 69.7 Å². The van der Waals surface area contributed by atoms with Gasteiger partial charge >= 0.3 is 59.5 Å². The zero-order valence-electron chi connectivity index (χ0n) is 69.6. The Labute approximate surface area is 689 Å². The summed E-state index contributed by atoms with van der Waals surface area (Å²) in [5, 5.41) is 18.3. The van der Waals surface area contributed by atoms with Gasteiger partial charge in [-0.25, -0.2) is 43.3 Å². The highest BCUT2D eigenvalue weighted by atomic mass is 79.9. The Hall–Kier alpha value is -8.46. The summed E-state index contributed by atoms with van der Waals surface area (Å²) in [4.78, 5) is 58.5. The molecule has 0 bridgehead atoms. The first-order valence-corrected chi connectivity index (χ1v) is 38.7. The summed E-state index contributed by atoms with van der Waals surface area (Å²) in [6, 6.07) is 11.3. The van der Waals surface area contributed by atoms with Crippen LogP contribution in [-0.2, 0) is 37.4 Å². The van der Waals surface area contributed by atoms with Crippen LogP contribution in [0.4, 0.5) is 80.0 Å². The number of aromatic nitrogens is 14. The van der Waals surface area contributed by atoms with Gasteiger partial charge in [0.05, 0.1) is 62.7 Å². The number of likely N-dealkylation sites (N-methyl/N-ethyl adjacent to an activating group) is 3. The maximum atomic E-state index is 12.8. The van der Waals surface area contributed by atoms with Crippen LogP contribution < -0.4 is 42.8 Å². The molecule has 117 heavy (non-hydrogen) atoms. The number of hydrogen-bond donors (Lipinski definition) is 4. The van der Waals surface area contributed by atoms with E-state index in [2.05, 4.69) is 76.4 Å². The molecule has 46 heteroatoms. The number of anilines is 6. The number of nitrogens with one attached hydrogen (secondary N) is 1. The molecular weight excluding hydrogens is 1630 g/mol. The summed E-state index contributed by atoms with van der Waals surface area (Å²) < 4.78 is 148. The first-order valence-electron chi connectivity index (χ1n) is 37.6. The van der Waals surface area contributed by atoms with Gasteiger partial charge < -0.3 is 84.4 Å². The van der Waals surface area contributed by atoms with Gasteiger partial charge in [0.2, 0.25) is 17.8 Å². The van der Waals surface area contributed by atoms with E-state index in [4.69, 9.17) is 66.2 Å². The Bertz CT molecular complexity index is 4360. The Morgan fingerprint density at radius 1 is 0.496 bits per heavy atom. The van der Waals surface area contributed by atoms with Crippen LogP contribution in [-0.4, -0.2) is 235 Å². The molecule has 644 valence electrons. The third kappa shape index (κ3) is 24.9. The number of nitrogens with zero attached hydrogens (tertiary/aromatic N) is 19. The summed E-state index contributed by atoms with van der Waals surface area (Å²) in [5.74, 6) is 2.19. The second-order valence-electron chi connectivity index (χ2n) is 33.2. The van der Waals surface area contributed by atoms with E-state index in [0.29, 0.717) is 94.3 Å². The molecule has 7 aromatic rings. The highest BCUT2D eigenvalue weighted by Gasteiger charge is 2.64. The smallest absolute Gasteiger partial charge is 0.444 e. The van der Waals surface area contributed by atoms with Crippen LogP contribution in [0.2, 0.25) is 5.15 Å². The third-order valence-corrected chi connectivity index (χ3v) is 21.1. The molecule has 33 nitrogen and oxygen atoms in total. The predicted octanol–water partition coefficient (Wildman–Crippen LogP) is 11.9. The normalized spacial score (nSPS) is 20.1. The zero-order valence-corrected chi connectivity index (χ0v) is 71.9. The number of ether oxygens (including phenoxy) is 2. The van der Waals surface area contributed by atoms with Gasteiger partial charge in [-0.15, -0.1) is 0 Å². The summed E-state index contributed by atoms with van der Waals surface area (Å²) in [6.45, 7) is 28.5. The lowest BCUT2D eigenvalue weighted by atomic mass is 9.49. The number of alkyl halides is 8. The minimum Gasteiger partial charge on any atom is -0.444 e. The number of nitrogen functional groups attached to an aromatic ring is 3. The zero-order chi connectivity index (χ0) is 87.2. The average Bonchev–Trinajstić information content (AvgIpc) is 1.60. The Morgan fingerprint density at radius 3 is 1.15 bits per heavy atom. The fourth-order valence-corrected chi connectivity index (χ4v) is 12.4. The van der Waals surface area contributed by atoms with E-state index in [1.165, 1.54) is 49.1 Å². The molecular formula is C71H106B3BrClF8N23O10. The van der Waals surface area contributed by atoms with Crippen LogP contribution >= 0.6 is 27.5 Å². The number of rotatable bonds is 14. The number of nitrogens with two attached hydrogens (primary N) is 3. The van der Waals surface area contributed by atoms with Crippen molar-refractivity contribution in [2.24, 2.45) is 0 Å². The second-order valence-corrected chi connectivity index (χ2v) is 34.4. The first-order chi connectivity index (χ1) is 54.1. The lowest BCUT2D eigenvalue weighted by Crippen LogP contribution is -2.42. The number of carbonyl (C=O) groups is 2. The van der Waals surface area contributed by atoms with Crippen LogP contribution in [0.25, 0.3) is 22.8 Å². The standard InChI is InChI=1S/C18H25F2N7O2.C14H22ClN5O2.C13H17F2N7.C12H24B2O4.C10H15BF2N2O2.C4H3BrF2N2/c1-18(2,3)29-17(28)25(4)11-5-7-26(10-11)14-9-13(22-16(21)23-14)12-6-8-27(24-12)15(19)20;1-14(2,3)22-13(21)19(4)9-5-6-20(8-9)11-7-10(15)17-12(16)18-11;1-17-8-2-4-21(7-8)11-6-10(18-13(16)19-11)9-3-5-22(20-9)12(14)15;1-9(2)10(3,4)16-13(15-9)14-17-11(5,6)12(7,8)18-14;1-9(2)10(3,4)17-11(16-9)7-5-6-15(14-7)8(12)13;5-3-1-2-9(8-3)4(6)7/h6,8-9,11,15H,5,7,10H2,1-4H3,(H2,21,22,23);7,9H,5-6,8H2,1-4H3,(H2,16,17,18);3,5-6,8,12,17H,2,4,7H2,1H3,(H2,16,18,19);1-8H3;5-6,8H,1-4H3;1-2,4H/t11-;9-;8-;;;/m111.../s1. The largest absolute Gasteiger partial charge is 0.516 e. The van der Waals surface area contributed by atoms with Gasteiger partial charge in [-0.2, -0.15) is 70.5 Å². The lowest BCUT2D eigenvalue weighted by Gasteiger charge is -2.32. The third-order valence-electron chi connectivity index (χ3n) is 20.5. The van der Waals surface area contributed by atoms with E-state index in [0.717, 1.165) is 38.9 Å². The monoisotopic (exact) mass is 1740 g/mol. The molecule has 0 aromatic carbocycles. The fourth-order valence-electron chi connectivity index (χ4n) is 11.9. The van der Waals surface area contributed by atoms with Gasteiger partial charge in [-0.3, -0.25) is 0 Å². The van der Waals surface area contributed by atoms with E-state index in [-0.39, 0.29) is 70.2 Å². The van der Waals surface area contributed by atoms with Crippen molar-refractivity contribution >= 4 is 102 Å². The highest BCUT2D eigenvalue weighted by molar-refractivity contribution is 9.10. The SMILES string of the molecule is CC1(C)OB(B2OC(C)(C)C(C)(C)O2)OC1(C)C.CC1(C)OB(c2ccn(C(F)F)n2)OC1(C)C.CN(C(=O)OC(C)(C)C)[C@@H]1CCN(c2cc(-c3ccn(C(F)F)n3)nc(N)n2)C1.CN(C(=O)OC(C)(C)C)[C@@H]1CCN(c2cc(Cl)nc(N)n2)C1.CN[C@@H]1CCN(c2cc(-c3ccn(C(F)F)n3)nc(N)n2)C1.FC(F)n1ccc(Br)n1. The van der Waals surface area contributed by atoms with Gasteiger partial charge in [0, 0.05) is 102 Å². The van der Waals surface area contributed by atoms with Crippen molar-refractivity contribution in [1.82, 2.24) is 84.1 Å². The Balaban J connectivity index is 0.000000179. The maximum Gasteiger partial charge on any atom is 0.516 e. The second kappa shape index (κ2) is 37.5. The minimum atomic E-state index is -2.73. The lowest BCUT2D eigenvalue weighted by molar-refractivity contribution is 0.00578. The summed E-state index contributed by atoms with van der Waals surface area (Å²) >= 11 is 8.84. The molecule has 0 radical (unpaired) electrons. The molecule has 13 heterocycles. The van der Waals surface area contributed by atoms with Gasteiger partial charge in [-0.1, -0.05) is 11.6 Å². The van der Waals surface area contributed by atoms with Crippen LogP contribution in [0.15, 0.2) is 71.9 Å². The predicted molar refractivity (Wildman–Crippen MR) is 431 cm³/mol. The summed E-state index contributed by atoms with van der Waals surface area (Å²) in [7, 11) is 3.74. The quantitative estimate of drug-likeness (QED) is 0.0446. The van der Waals surface area contributed by atoms with Crippen molar-refractivity contribution in [2.45, 2.75) is 233 Å². The Kier molecular flexibility index (Phi) is 30.1. The van der Waals surface area contributed by atoms with Gasteiger partial charge in [-0.05, 0) is 191 Å². The molecule has 13 rings (SSSR count). The van der Waals surface area contributed by atoms with E-state index in [1.807, 2.05) is 141 Å². The Morgan fingerprint density at radius 2 is 0.829 bits per heavy atom. The molecule has 7 aromatic heterocycles. The van der Waals surface area contributed by atoms with Gasteiger partial charge in [0.1, 0.15) is 49.8 Å². The molecule has 0 aliphatic carbocycles. The van der Waals surface area contributed by atoms with Crippen LogP contribution in [0.3, 0.4) is 0 Å². The molecule has 0 spiro atoms. The molecule has 0 saturated carbocycles. The van der Waals surface area contributed by atoms with E-state index in [9.17, 15) is 44.7 Å². The average molecular weight is 1740 g/mol. The summed E-state index contributed by atoms with van der Waals surface area (Å²) in [5.41, 5.74) is 15.5. The molecule has 6 fully saturated rings. The van der Waals surface area contributed by atoms with Crippen molar-refractivity contribution in [3.05, 3.63) is 77.0 Å². The molecule has 6 aliphatic rings. The summed E-state index contributed by atoms with van der Waals surface area (Å²) in [6.07, 6.45) is 6.68. The minimum absolute atomic E-state index is 0.0213. The molecule has 2 amide bonds. The van der Waals surface area contributed by atoms with Gasteiger partial charge in [0.25, 0.3) is 0 Å². The van der Waals surface area contributed by atoms with Crippen LogP contribution in [0.1, 0.15) is 170 Å². The van der Waals surface area contributed by atoms with E-state index in [1.54, 1.807) is 42.1 Å². The molecule has 6 aliphatic heterocycles. The van der Waals surface area contributed by atoms with Crippen molar-refractivity contribution in [2.75, 3.05) is 92.3 Å².